The van der Waals surface area contributed by atoms with Gasteiger partial charge in [-0.15, -0.1) is 0 Å². The summed E-state index contributed by atoms with van der Waals surface area (Å²) in [7, 11) is 0. The number of benzene rings is 2. The maximum Gasteiger partial charge on any atom is 0.305 e. The van der Waals surface area contributed by atoms with Gasteiger partial charge in [-0.2, -0.15) is 5.10 Å². The van der Waals surface area contributed by atoms with Crippen LogP contribution in [-0.4, -0.2) is 31.9 Å². The van der Waals surface area contributed by atoms with Gasteiger partial charge in [-0.1, -0.05) is 24.3 Å². The number of aryl methyl sites for hydroxylation is 1. The average molecular weight is 401 g/mol. The fourth-order valence-electron chi connectivity index (χ4n) is 2.96. The van der Waals surface area contributed by atoms with Crippen molar-refractivity contribution in [1.29, 1.82) is 0 Å². The van der Waals surface area contributed by atoms with Gasteiger partial charge in [0.25, 0.3) is 5.91 Å². The lowest BCUT2D eigenvalue weighted by Crippen LogP contribution is -2.31. The molecule has 0 saturated heterocycles. The van der Waals surface area contributed by atoms with Crippen molar-refractivity contribution < 1.29 is 28.6 Å². The number of hydrogen-bond donors (Lipinski definition) is 3. The van der Waals surface area contributed by atoms with Gasteiger partial charge in [0.05, 0.1) is 18.2 Å². The highest BCUT2D eigenvalue weighted by Crippen LogP contribution is 2.23. The Labute approximate surface area is 164 Å². The van der Waals surface area contributed by atoms with Crippen LogP contribution in [0.4, 0.5) is 8.78 Å². The number of carboxylic acids is 1. The summed E-state index contributed by atoms with van der Waals surface area (Å²) >= 11 is 0. The molecule has 7 nitrogen and oxygen atoms in total. The number of carbonyl (C=O) groups is 2. The van der Waals surface area contributed by atoms with Crippen LogP contribution < -0.4 is 5.32 Å². The number of aromatic hydroxyl groups is 1. The van der Waals surface area contributed by atoms with E-state index in [4.69, 9.17) is 0 Å². The van der Waals surface area contributed by atoms with Gasteiger partial charge in [0.1, 0.15) is 11.6 Å². The Morgan fingerprint density at radius 3 is 2.41 bits per heavy atom. The van der Waals surface area contributed by atoms with Gasteiger partial charge < -0.3 is 15.5 Å². The summed E-state index contributed by atoms with van der Waals surface area (Å²) in [4.78, 5) is 23.9. The van der Waals surface area contributed by atoms with E-state index in [0.29, 0.717) is 11.6 Å². The zero-order valence-electron chi connectivity index (χ0n) is 15.3. The summed E-state index contributed by atoms with van der Waals surface area (Å²) in [6.45, 7) is 1.79. The Bertz CT molecular complexity index is 1060. The van der Waals surface area contributed by atoms with Crippen LogP contribution in [-0.2, 0) is 4.79 Å². The number of aromatic nitrogens is 2. The summed E-state index contributed by atoms with van der Waals surface area (Å²) in [5.74, 6) is -4.11. The van der Waals surface area contributed by atoms with Crippen LogP contribution in [0.25, 0.3) is 5.69 Å². The molecule has 0 unspecified atom stereocenters. The number of halogens is 2. The van der Waals surface area contributed by atoms with E-state index in [1.54, 1.807) is 31.2 Å². The van der Waals surface area contributed by atoms with Crippen LogP contribution in [0.2, 0.25) is 0 Å². The minimum absolute atomic E-state index is 0.111. The average Bonchev–Trinajstić information content (AvgIpc) is 3.02. The van der Waals surface area contributed by atoms with Crippen molar-refractivity contribution in [2.45, 2.75) is 19.4 Å². The lowest BCUT2D eigenvalue weighted by molar-refractivity contribution is -0.137. The van der Waals surface area contributed by atoms with Gasteiger partial charge in [0, 0.05) is 12.1 Å². The normalized spacial score (nSPS) is 11.8. The standard InChI is InChI=1S/C20H17F2N3O4/c1-11-4-2-3-5-15(11)16(10-19(27)28)23-20(29)17-9-18(26)25(24-17)14-7-12(21)6-13(22)8-14/h2-9,16,26H,10H2,1H3,(H,23,29)(H,27,28)/t16-/m0/s1. The maximum absolute atomic E-state index is 13.4. The lowest BCUT2D eigenvalue weighted by atomic mass is 9.98. The van der Waals surface area contributed by atoms with Crippen LogP contribution in [0.15, 0.2) is 48.5 Å². The highest BCUT2D eigenvalue weighted by Gasteiger charge is 2.23. The van der Waals surface area contributed by atoms with E-state index in [0.717, 1.165) is 28.4 Å². The molecule has 0 aliphatic heterocycles. The van der Waals surface area contributed by atoms with Gasteiger partial charge in [0.2, 0.25) is 5.88 Å². The number of hydrogen-bond acceptors (Lipinski definition) is 4. The molecular formula is C20H17F2N3O4. The molecule has 0 spiro atoms. The molecule has 9 heteroatoms. The highest BCUT2D eigenvalue weighted by molar-refractivity contribution is 5.93. The second kappa shape index (κ2) is 8.09. The molecule has 3 rings (SSSR count). The Morgan fingerprint density at radius 2 is 1.79 bits per heavy atom. The predicted octanol–water partition coefficient (Wildman–Crippen LogP) is 3.11. The van der Waals surface area contributed by atoms with E-state index in [1.807, 2.05) is 0 Å². The molecule has 3 N–H and O–H groups in total. The van der Waals surface area contributed by atoms with Gasteiger partial charge in [-0.3, -0.25) is 9.59 Å². The van der Waals surface area contributed by atoms with Crippen molar-refractivity contribution in [2.75, 3.05) is 0 Å². The summed E-state index contributed by atoms with van der Waals surface area (Å²) in [5.41, 5.74) is 1.07. The molecule has 2 aromatic carbocycles. The molecule has 1 heterocycles. The Morgan fingerprint density at radius 1 is 1.14 bits per heavy atom. The van der Waals surface area contributed by atoms with E-state index in [-0.39, 0.29) is 17.8 Å². The van der Waals surface area contributed by atoms with Crippen molar-refractivity contribution in [2.24, 2.45) is 0 Å². The molecule has 29 heavy (non-hydrogen) atoms. The molecule has 3 aromatic rings. The van der Waals surface area contributed by atoms with Crippen molar-refractivity contribution in [3.63, 3.8) is 0 Å². The lowest BCUT2D eigenvalue weighted by Gasteiger charge is -2.18. The molecule has 0 fully saturated rings. The number of rotatable bonds is 6. The minimum Gasteiger partial charge on any atom is -0.493 e. The number of aliphatic carboxylic acids is 1. The first-order valence-corrected chi connectivity index (χ1v) is 8.58. The maximum atomic E-state index is 13.4. The molecule has 1 aromatic heterocycles. The van der Waals surface area contributed by atoms with E-state index in [2.05, 4.69) is 10.4 Å². The molecule has 0 aliphatic rings. The monoisotopic (exact) mass is 401 g/mol. The van der Waals surface area contributed by atoms with E-state index < -0.39 is 35.4 Å². The number of nitrogens with zero attached hydrogens (tertiary/aromatic N) is 2. The predicted molar refractivity (Wildman–Crippen MR) is 98.8 cm³/mol. The smallest absolute Gasteiger partial charge is 0.305 e. The first-order chi connectivity index (χ1) is 13.7. The first kappa shape index (κ1) is 20.0. The van der Waals surface area contributed by atoms with Crippen molar-refractivity contribution in [1.82, 2.24) is 15.1 Å². The van der Waals surface area contributed by atoms with E-state index in [1.165, 1.54) is 0 Å². The van der Waals surface area contributed by atoms with Crippen LogP contribution in [0.5, 0.6) is 5.88 Å². The summed E-state index contributed by atoms with van der Waals surface area (Å²) in [6, 6.07) is 9.74. The van der Waals surface area contributed by atoms with Gasteiger partial charge in [-0.05, 0) is 30.2 Å². The molecule has 0 aliphatic carbocycles. The highest BCUT2D eigenvalue weighted by atomic mass is 19.1. The molecule has 1 atom stereocenters. The van der Waals surface area contributed by atoms with Crippen molar-refractivity contribution >= 4 is 11.9 Å². The topological polar surface area (TPSA) is 104 Å². The molecule has 0 radical (unpaired) electrons. The first-order valence-electron chi connectivity index (χ1n) is 8.58. The van der Waals surface area contributed by atoms with Crippen LogP contribution in [0.1, 0.15) is 34.1 Å². The van der Waals surface area contributed by atoms with Crippen molar-refractivity contribution in [3.05, 3.63) is 77.0 Å². The Hall–Kier alpha value is -3.75. The molecular weight excluding hydrogens is 384 g/mol. The zero-order valence-corrected chi connectivity index (χ0v) is 15.3. The van der Waals surface area contributed by atoms with E-state index >= 15 is 0 Å². The molecule has 1 amide bonds. The Kier molecular flexibility index (Phi) is 5.58. The molecule has 150 valence electrons. The van der Waals surface area contributed by atoms with Gasteiger partial charge >= 0.3 is 5.97 Å². The SMILES string of the molecule is Cc1ccccc1[C@H](CC(=O)O)NC(=O)c1cc(O)n(-c2cc(F)cc(F)c2)n1. The number of amides is 1. The number of carboxylic acid groups (broad SMARTS) is 1. The summed E-state index contributed by atoms with van der Waals surface area (Å²) in [6.07, 6.45) is -0.363. The second-order valence-corrected chi connectivity index (χ2v) is 6.41. The Balaban J connectivity index is 1.89. The van der Waals surface area contributed by atoms with Gasteiger partial charge in [-0.25, -0.2) is 13.5 Å². The summed E-state index contributed by atoms with van der Waals surface area (Å²) < 4.78 is 27.7. The summed E-state index contributed by atoms with van der Waals surface area (Å²) in [5, 5.41) is 25.7. The third-order valence-corrected chi connectivity index (χ3v) is 4.26. The molecule has 0 saturated carbocycles. The third kappa shape index (κ3) is 4.57. The third-order valence-electron chi connectivity index (χ3n) is 4.26. The molecule has 0 bridgehead atoms. The van der Waals surface area contributed by atoms with Crippen LogP contribution in [0, 0.1) is 18.6 Å². The second-order valence-electron chi connectivity index (χ2n) is 6.41. The fraction of sp³-hybridized carbons (Fsp3) is 0.150. The largest absolute Gasteiger partial charge is 0.493 e. The quantitative estimate of drug-likeness (QED) is 0.589. The van der Waals surface area contributed by atoms with Crippen molar-refractivity contribution in [3.8, 4) is 11.6 Å². The van der Waals surface area contributed by atoms with Gasteiger partial charge in [0.15, 0.2) is 5.69 Å². The fourth-order valence-corrected chi connectivity index (χ4v) is 2.96. The number of nitrogens with one attached hydrogen (secondary N) is 1. The number of carbonyl (C=O) groups excluding carboxylic acids is 1. The van der Waals surface area contributed by atoms with Crippen LogP contribution in [0.3, 0.4) is 0 Å². The van der Waals surface area contributed by atoms with Crippen LogP contribution >= 0.6 is 0 Å². The minimum atomic E-state index is -1.11. The van der Waals surface area contributed by atoms with E-state index in [9.17, 15) is 28.6 Å². The zero-order chi connectivity index (χ0) is 21.1.